The van der Waals surface area contributed by atoms with Crippen LogP contribution in [-0.2, 0) is 18.3 Å². The lowest BCUT2D eigenvalue weighted by Gasteiger charge is -2.07. The van der Waals surface area contributed by atoms with Crippen molar-refractivity contribution in [2.45, 2.75) is 6.42 Å². The lowest BCUT2D eigenvalue weighted by atomic mass is 10.0. The normalized spacial score (nSPS) is 10.5. The lowest BCUT2D eigenvalue weighted by molar-refractivity contribution is -0.136. The van der Waals surface area contributed by atoms with Gasteiger partial charge in [0, 0.05) is 12.6 Å². The van der Waals surface area contributed by atoms with Crippen LogP contribution < -0.4 is 4.74 Å². The number of carboxylic acids is 1. The van der Waals surface area contributed by atoms with Gasteiger partial charge in [-0.3, -0.25) is 9.48 Å². The second-order valence-corrected chi connectivity index (χ2v) is 4.90. The van der Waals surface area contributed by atoms with Gasteiger partial charge in [-0.1, -0.05) is 6.07 Å². The highest BCUT2D eigenvalue weighted by atomic mass is 79.9. The maximum atomic E-state index is 10.9. The van der Waals surface area contributed by atoms with Gasteiger partial charge in [-0.15, -0.1) is 0 Å². The summed E-state index contributed by atoms with van der Waals surface area (Å²) in [7, 11) is 3.33. The number of aryl methyl sites for hydroxylation is 1. The molecule has 0 fully saturated rings. The molecule has 19 heavy (non-hydrogen) atoms. The van der Waals surface area contributed by atoms with E-state index in [1.165, 1.54) is 0 Å². The van der Waals surface area contributed by atoms with Crippen molar-refractivity contribution >= 4 is 21.9 Å². The zero-order valence-corrected chi connectivity index (χ0v) is 12.1. The topological polar surface area (TPSA) is 64.4 Å². The molecular weight excluding hydrogens is 312 g/mol. The number of rotatable bonds is 4. The maximum Gasteiger partial charge on any atom is 0.309 e. The van der Waals surface area contributed by atoms with Crippen LogP contribution in [0.1, 0.15) is 5.69 Å². The van der Waals surface area contributed by atoms with Gasteiger partial charge in [0.25, 0.3) is 0 Å². The van der Waals surface area contributed by atoms with Gasteiger partial charge in [0.1, 0.15) is 5.75 Å². The van der Waals surface area contributed by atoms with E-state index in [2.05, 4.69) is 21.0 Å². The predicted octanol–water partition coefficient (Wildman–Crippen LogP) is 2.49. The number of aromatic nitrogens is 2. The van der Waals surface area contributed by atoms with Crippen LogP contribution in [0.25, 0.3) is 11.1 Å². The quantitative estimate of drug-likeness (QED) is 0.938. The summed E-state index contributed by atoms with van der Waals surface area (Å²) in [5.74, 6) is -0.148. The number of carbonyl (C=O) groups is 1. The molecule has 6 heteroatoms. The monoisotopic (exact) mass is 324 g/mol. The molecule has 100 valence electrons. The number of halogens is 1. The predicted molar refractivity (Wildman–Crippen MR) is 74.2 cm³/mol. The highest BCUT2D eigenvalue weighted by Crippen LogP contribution is 2.32. The molecule has 0 bridgehead atoms. The van der Waals surface area contributed by atoms with E-state index in [9.17, 15) is 4.79 Å². The van der Waals surface area contributed by atoms with Gasteiger partial charge in [0.15, 0.2) is 0 Å². The Bertz CT molecular complexity index is 622. The summed E-state index contributed by atoms with van der Waals surface area (Å²) in [4.78, 5) is 10.9. The van der Waals surface area contributed by atoms with Crippen molar-refractivity contribution < 1.29 is 14.6 Å². The van der Waals surface area contributed by atoms with Gasteiger partial charge in [-0.2, -0.15) is 5.10 Å². The van der Waals surface area contributed by atoms with Crippen molar-refractivity contribution in [2.24, 2.45) is 7.05 Å². The van der Waals surface area contributed by atoms with E-state index < -0.39 is 5.97 Å². The highest BCUT2D eigenvalue weighted by molar-refractivity contribution is 9.10. The summed E-state index contributed by atoms with van der Waals surface area (Å²) in [6.45, 7) is 0. The fraction of sp³-hybridized carbons (Fsp3) is 0.231. The summed E-state index contributed by atoms with van der Waals surface area (Å²) in [6.07, 6.45) is 1.61. The molecule has 0 aliphatic carbocycles. The molecule has 1 heterocycles. The van der Waals surface area contributed by atoms with Gasteiger partial charge in [-0.25, -0.2) is 0 Å². The van der Waals surface area contributed by atoms with Gasteiger partial charge in [0.05, 0.1) is 29.9 Å². The van der Waals surface area contributed by atoms with Crippen molar-refractivity contribution in [1.29, 1.82) is 0 Å². The molecule has 0 unspecified atom stereocenters. The summed E-state index contributed by atoms with van der Waals surface area (Å²) in [5.41, 5.74) is 2.38. The Morgan fingerprint density at radius 3 is 2.84 bits per heavy atom. The summed E-state index contributed by atoms with van der Waals surface area (Å²) in [5, 5.41) is 13.1. The summed E-state index contributed by atoms with van der Waals surface area (Å²) < 4.78 is 7.58. The number of benzene rings is 1. The zero-order valence-electron chi connectivity index (χ0n) is 10.6. The molecule has 0 saturated heterocycles. The SMILES string of the molecule is COc1ccc(-c2cnn(C)c2CC(=O)O)cc1Br. The molecule has 1 aromatic heterocycles. The van der Waals surface area contributed by atoms with Gasteiger partial charge >= 0.3 is 5.97 Å². The van der Waals surface area contributed by atoms with E-state index in [1.54, 1.807) is 25.0 Å². The lowest BCUT2D eigenvalue weighted by Crippen LogP contribution is -2.07. The Hall–Kier alpha value is -1.82. The third-order valence-electron chi connectivity index (χ3n) is 2.84. The standard InChI is InChI=1S/C13H13BrN2O3/c1-16-11(6-13(17)18)9(7-15-16)8-3-4-12(19-2)10(14)5-8/h3-5,7H,6H2,1-2H3,(H,17,18). The Labute approximate surface area is 118 Å². The first kappa shape index (κ1) is 13.6. The molecule has 0 spiro atoms. The van der Waals surface area contributed by atoms with Crippen LogP contribution >= 0.6 is 15.9 Å². The molecule has 0 radical (unpaired) electrons. The molecule has 1 N–H and O–H groups in total. The van der Waals surface area contributed by atoms with Crippen molar-refractivity contribution in [3.63, 3.8) is 0 Å². The first-order valence-electron chi connectivity index (χ1n) is 5.59. The smallest absolute Gasteiger partial charge is 0.309 e. The average Bonchev–Trinajstić information content (AvgIpc) is 2.70. The number of ether oxygens (including phenoxy) is 1. The van der Waals surface area contributed by atoms with E-state index >= 15 is 0 Å². The molecule has 1 aromatic carbocycles. The minimum Gasteiger partial charge on any atom is -0.496 e. The molecule has 0 atom stereocenters. The van der Waals surface area contributed by atoms with Crippen molar-refractivity contribution in [2.75, 3.05) is 7.11 Å². The van der Waals surface area contributed by atoms with Gasteiger partial charge in [-0.05, 0) is 33.6 Å². The molecule has 5 nitrogen and oxygen atoms in total. The number of hydrogen-bond acceptors (Lipinski definition) is 3. The van der Waals surface area contributed by atoms with Crippen LogP contribution in [-0.4, -0.2) is 28.0 Å². The fourth-order valence-electron chi connectivity index (χ4n) is 1.89. The van der Waals surface area contributed by atoms with Crippen molar-refractivity contribution in [3.8, 4) is 16.9 Å². The minimum absolute atomic E-state index is 0.0600. The number of hydrogen-bond donors (Lipinski definition) is 1. The second kappa shape index (κ2) is 5.44. The summed E-state index contributed by atoms with van der Waals surface area (Å²) in [6, 6.07) is 5.60. The first-order valence-corrected chi connectivity index (χ1v) is 6.38. The Kier molecular flexibility index (Phi) is 3.90. The zero-order chi connectivity index (χ0) is 14.0. The molecular formula is C13H13BrN2O3. The van der Waals surface area contributed by atoms with E-state index in [1.807, 2.05) is 18.2 Å². The molecule has 2 aromatic rings. The van der Waals surface area contributed by atoms with Crippen LogP contribution in [0.15, 0.2) is 28.9 Å². The van der Waals surface area contributed by atoms with E-state index in [0.29, 0.717) is 5.69 Å². The van der Waals surface area contributed by atoms with Crippen LogP contribution in [0.2, 0.25) is 0 Å². The average molecular weight is 325 g/mol. The van der Waals surface area contributed by atoms with E-state index in [-0.39, 0.29) is 6.42 Å². The molecule has 0 amide bonds. The number of methoxy groups -OCH3 is 1. The fourth-order valence-corrected chi connectivity index (χ4v) is 2.43. The van der Waals surface area contributed by atoms with Crippen molar-refractivity contribution in [1.82, 2.24) is 9.78 Å². The highest BCUT2D eigenvalue weighted by Gasteiger charge is 2.14. The van der Waals surface area contributed by atoms with Gasteiger partial charge < -0.3 is 9.84 Å². The minimum atomic E-state index is -0.877. The molecule has 0 saturated carbocycles. The largest absolute Gasteiger partial charge is 0.496 e. The number of carboxylic acid groups (broad SMARTS) is 1. The Balaban J connectivity index is 2.47. The van der Waals surface area contributed by atoms with Crippen LogP contribution in [0.4, 0.5) is 0 Å². The van der Waals surface area contributed by atoms with Crippen LogP contribution in [0.3, 0.4) is 0 Å². The van der Waals surface area contributed by atoms with Crippen LogP contribution in [0.5, 0.6) is 5.75 Å². The maximum absolute atomic E-state index is 10.9. The Morgan fingerprint density at radius 2 is 2.26 bits per heavy atom. The van der Waals surface area contributed by atoms with E-state index in [4.69, 9.17) is 9.84 Å². The van der Waals surface area contributed by atoms with Crippen molar-refractivity contribution in [3.05, 3.63) is 34.6 Å². The molecule has 2 rings (SSSR count). The number of nitrogens with zero attached hydrogens (tertiary/aromatic N) is 2. The van der Waals surface area contributed by atoms with E-state index in [0.717, 1.165) is 21.3 Å². The second-order valence-electron chi connectivity index (χ2n) is 4.05. The number of aliphatic carboxylic acids is 1. The molecule has 0 aliphatic heterocycles. The summed E-state index contributed by atoms with van der Waals surface area (Å²) >= 11 is 3.42. The third-order valence-corrected chi connectivity index (χ3v) is 3.46. The first-order chi connectivity index (χ1) is 9.02. The third kappa shape index (κ3) is 2.78. The molecule has 0 aliphatic rings. The Morgan fingerprint density at radius 1 is 1.53 bits per heavy atom. The van der Waals surface area contributed by atoms with Crippen LogP contribution in [0, 0.1) is 0 Å². The van der Waals surface area contributed by atoms with Gasteiger partial charge in [0.2, 0.25) is 0 Å².